The molecule has 27 heavy (non-hydrogen) atoms. The van der Waals surface area contributed by atoms with Crippen molar-refractivity contribution in [2.45, 2.75) is 39.5 Å². The minimum Gasteiger partial charge on any atom is -0.206 e. The van der Waals surface area contributed by atoms with Gasteiger partial charge in [-0.1, -0.05) is 74.2 Å². The Kier molecular flexibility index (Phi) is 6.44. The van der Waals surface area contributed by atoms with Crippen molar-refractivity contribution in [3.8, 4) is 34.1 Å². The maximum atomic E-state index is 14.7. The van der Waals surface area contributed by atoms with Crippen molar-refractivity contribution in [2.24, 2.45) is 0 Å². The number of unbranched alkanes of at least 4 members (excludes halogenated alkanes) is 2. The topological polar surface area (TPSA) is 0 Å². The predicted octanol–water partition coefficient (Wildman–Crippen LogP) is 7.26. The van der Waals surface area contributed by atoms with Crippen LogP contribution >= 0.6 is 0 Å². The smallest absolute Gasteiger partial charge is 0.131 e. The average Bonchev–Trinajstić information content (AvgIpc) is 2.70. The first-order chi connectivity index (χ1) is 13.2. The minimum atomic E-state index is -0.200. The molecule has 0 aliphatic rings. The molecule has 0 N–H and O–H groups in total. The molecular formula is C26H25F. The first-order valence-electron chi connectivity index (χ1n) is 9.63. The molecule has 0 saturated heterocycles. The molecule has 0 unspecified atom stereocenters. The van der Waals surface area contributed by atoms with Gasteiger partial charge in [-0.15, -0.1) is 5.92 Å². The van der Waals surface area contributed by atoms with Gasteiger partial charge in [0.15, 0.2) is 0 Å². The summed E-state index contributed by atoms with van der Waals surface area (Å²) in [5.41, 5.74) is 5.73. The molecule has 0 radical (unpaired) electrons. The molecule has 3 aromatic rings. The Balaban J connectivity index is 1.78. The van der Waals surface area contributed by atoms with E-state index in [1.54, 1.807) is 6.07 Å². The van der Waals surface area contributed by atoms with Gasteiger partial charge in [0.1, 0.15) is 5.82 Å². The Morgan fingerprint density at radius 3 is 2.07 bits per heavy atom. The summed E-state index contributed by atoms with van der Waals surface area (Å²) < 4.78 is 14.7. The van der Waals surface area contributed by atoms with E-state index in [2.05, 4.69) is 43.0 Å². The second-order valence-corrected chi connectivity index (χ2v) is 6.80. The van der Waals surface area contributed by atoms with Crippen LogP contribution < -0.4 is 0 Å². The van der Waals surface area contributed by atoms with Crippen molar-refractivity contribution < 1.29 is 4.39 Å². The lowest BCUT2D eigenvalue weighted by atomic mass is 9.97. The summed E-state index contributed by atoms with van der Waals surface area (Å²) in [7, 11) is 0. The third-order valence-electron chi connectivity index (χ3n) is 4.79. The molecule has 0 aliphatic heterocycles. The second kappa shape index (κ2) is 9.19. The lowest BCUT2D eigenvalue weighted by Crippen LogP contribution is -1.89. The second-order valence-electron chi connectivity index (χ2n) is 6.80. The van der Waals surface area contributed by atoms with Crippen LogP contribution in [0.4, 0.5) is 4.39 Å². The lowest BCUT2D eigenvalue weighted by Gasteiger charge is -2.08. The van der Waals surface area contributed by atoms with Crippen LogP contribution in [0.25, 0.3) is 22.3 Å². The van der Waals surface area contributed by atoms with E-state index in [1.807, 2.05) is 43.3 Å². The van der Waals surface area contributed by atoms with Crippen molar-refractivity contribution in [1.82, 2.24) is 0 Å². The standard InChI is InChI=1S/C26H25F/c1-3-5-6-8-21-9-13-22(14-10-21)24-17-18-25(26(27)19-24)23-15-11-20(7-4-2)12-16-23/h9-19H,3,5-6,8H2,1-2H3. The fourth-order valence-electron chi connectivity index (χ4n) is 3.25. The Labute approximate surface area is 162 Å². The molecule has 0 amide bonds. The predicted molar refractivity (Wildman–Crippen MR) is 113 cm³/mol. The molecular weight excluding hydrogens is 331 g/mol. The van der Waals surface area contributed by atoms with E-state index in [1.165, 1.54) is 24.8 Å². The number of rotatable bonds is 6. The Morgan fingerprint density at radius 1 is 0.778 bits per heavy atom. The van der Waals surface area contributed by atoms with Gasteiger partial charge in [0.25, 0.3) is 0 Å². The molecule has 0 fully saturated rings. The van der Waals surface area contributed by atoms with Gasteiger partial charge >= 0.3 is 0 Å². The summed E-state index contributed by atoms with van der Waals surface area (Å²) in [5.74, 6) is 5.68. The largest absolute Gasteiger partial charge is 0.206 e. The first-order valence-corrected chi connectivity index (χ1v) is 9.63. The van der Waals surface area contributed by atoms with Gasteiger partial charge in [-0.2, -0.15) is 0 Å². The van der Waals surface area contributed by atoms with Gasteiger partial charge < -0.3 is 0 Å². The van der Waals surface area contributed by atoms with Gasteiger partial charge in [0.05, 0.1) is 0 Å². The zero-order valence-electron chi connectivity index (χ0n) is 16.1. The number of benzene rings is 3. The summed E-state index contributed by atoms with van der Waals surface area (Å²) in [6.07, 6.45) is 4.83. The van der Waals surface area contributed by atoms with E-state index in [0.717, 1.165) is 28.7 Å². The summed E-state index contributed by atoms with van der Waals surface area (Å²) in [5, 5.41) is 0. The molecule has 0 atom stereocenters. The zero-order valence-corrected chi connectivity index (χ0v) is 16.1. The van der Waals surface area contributed by atoms with E-state index in [9.17, 15) is 4.39 Å². The molecule has 0 heterocycles. The zero-order chi connectivity index (χ0) is 19.1. The highest BCUT2D eigenvalue weighted by molar-refractivity contribution is 5.71. The third kappa shape index (κ3) is 4.86. The number of hydrogen-bond acceptors (Lipinski definition) is 0. The fourth-order valence-corrected chi connectivity index (χ4v) is 3.25. The van der Waals surface area contributed by atoms with Crippen LogP contribution in [0.2, 0.25) is 0 Å². The van der Waals surface area contributed by atoms with Crippen LogP contribution in [0.15, 0.2) is 66.7 Å². The molecule has 0 aliphatic carbocycles. The van der Waals surface area contributed by atoms with Crippen molar-refractivity contribution >= 4 is 0 Å². The van der Waals surface area contributed by atoms with E-state index >= 15 is 0 Å². The van der Waals surface area contributed by atoms with E-state index < -0.39 is 0 Å². The monoisotopic (exact) mass is 356 g/mol. The van der Waals surface area contributed by atoms with Crippen LogP contribution in [0.1, 0.15) is 44.2 Å². The summed E-state index contributed by atoms with van der Waals surface area (Å²) in [4.78, 5) is 0. The van der Waals surface area contributed by atoms with Crippen LogP contribution in [-0.2, 0) is 6.42 Å². The molecule has 1 heteroatoms. The van der Waals surface area contributed by atoms with Crippen LogP contribution in [0.3, 0.4) is 0 Å². The highest BCUT2D eigenvalue weighted by atomic mass is 19.1. The number of hydrogen-bond donors (Lipinski definition) is 0. The minimum absolute atomic E-state index is 0.200. The number of aryl methyl sites for hydroxylation is 1. The lowest BCUT2D eigenvalue weighted by molar-refractivity contribution is 0.632. The molecule has 0 saturated carbocycles. The van der Waals surface area contributed by atoms with Crippen molar-refractivity contribution in [2.75, 3.05) is 0 Å². The molecule has 3 aromatic carbocycles. The van der Waals surface area contributed by atoms with Gasteiger partial charge in [-0.25, -0.2) is 4.39 Å². The van der Waals surface area contributed by atoms with E-state index in [4.69, 9.17) is 0 Å². The molecule has 0 aromatic heterocycles. The van der Waals surface area contributed by atoms with Gasteiger partial charge in [-0.05, 0) is 60.2 Å². The molecule has 0 bridgehead atoms. The van der Waals surface area contributed by atoms with E-state index in [0.29, 0.717) is 5.56 Å². The Hall–Kier alpha value is -2.85. The van der Waals surface area contributed by atoms with E-state index in [-0.39, 0.29) is 5.82 Å². The molecule has 3 rings (SSSR count). The van der Waals surface area contributed by atoms with Crippen LogP contribution in [-0.4, -0.2) is 0 Å². The highest BCUT2D eigenvalue weighted by Gasteiger charge is 2.08. The Morgan fingerprint density at radius 2 is 1.44 bits per heavy atom. The third-order valence-corrected chi connectivity index (χ3v) is 4.79. The first kappa shape index (κ1) is 18.9. The Bertz CT molecular complexity index is 938. The van der Waals surface area contributed by atoms with Crippen molar-refractivity contribution in [3.05, 3.63) is 83.7 Å². The summed E-state index contributed by atoms with van der Waals surface area (Å²) in [6, 6.07) is 21.7. The highest BCUT2D eigenvalue weighted by Crippen LogP contribution is 2.28. The number of halogens is 1. The van der Waals surface area contributed by atoms with Gasteiger partial charge in [0.2, 0.25) is 0 Å². The SMILES string of the molecule is CC#Cc1ccc(-c2ccc(-c3ccc(CCCCC)cc3)cc2F)cc1. The quantitative estimate of drug-likeness (QED) is 0.322. The van der Waals surface area contributed by atoms with Crippen molar-refractivity contribution in [3.63, 3.8) is 0 Å². The van der Waals surface area contributed by atoms with Crippen LogP contribution in [0.5, 0.6) is 0 Å². The molecule has 136 valence electrons. The van der Waals surface area contributed by atoms with Gasteiger partial charge in [0, 0.05) is 11.1 Å². The fraction of sp³-hybridized carbons (Fsp3) is 0.231. The van der Waals surface area contributed by atoms with Gasteiger partial charge in [-0.3, -0.25) is 0 Å². The molecule has 0 spiro atoms. The average molecular weight is 356 g/mol. The molecule has 0 nitrogen and oxygen atoms in total. The summed E-state index contributed by atoms with van der Waals surface area (Å²) >= 11 is 0. The maximum Gasteiger partial charge on any atom is 0.131 e. The maximum absolute atomic E-state index is 14.7. The van der Waals surface area contributed by atoms with Crippen LogP contribution in [0, 0.1) is 17.7 Å². The van der Waals surface area contributed by atoms with Crippen molar-refractivity contribution in [1.29, 1.82) is 0 Å². The normalized spacial score (nSPS) is 10.3. The summed E-state index contributed by atoms with van der Waals surface area (Å²) in [6.45, 7) is 4.03.